The molecule has 1 aromatic carbocycles. The van der Waals surface area contributed by atoms with Gasteiger partial charge >= 0.3 is 0 Å². The molecule has 0 saturated carbocycles. The minimum atomic E-state index is -0.315. The molecule has 1 aromatic heterocycles. The molecule has 22 heavy (non-hydrogen) atoms. The van der Waals surface area contributed by atoms with E-state index in [1.807, 2.05) is 13.8 Å². The number of nitrogens with one attached hydrogen (secondary N) is 2. The van der Waals surface area contributed by atoms with Crippen molar-refractivity contribution in [1.29, 1.82) is 0 Å². The van der Waals surface area contributed by atoms with Crippen molar-refractivity contribution in [2.45, 2.75) is 26.3 Å². The average Bonchev–Trinajstić information content (AvgIpc) is 2.95. The van der Waals surface area contributed by atoms with E-state index in [1.54, 1.807) is 12.1 Å². The molecule has 0 radical (unpaired) electrons. The van der Waals surface area contributed by atoms with Crippen LogP contribution in [0.4, 0.5) is 4.39 Å². The number of aromatic nitrogens is 1. The maximum absolute atomic E-state index is 12.9. The molecule has 0 fully saturated rings. The summed E-state index contributed by atoms with van der Waals surface area (Å²) >= 11 is 0. The Balaban J connectivity index is 1.89. The highest BCUT2D eigenvalue weighted by Gasteiger charge is 2.11. The highest BCUT2D eigenvalue weighted by Crippen LogP contribution is 2.19. The molecular formula is C16H20FN3O2. The van der Waals surface area contributed by atoms with Gasteiger partial charge in [0.25, 0.3) is 0 Å². The summed E-state index contributed by atoms with van der Waals surface area (Å²) in [6.45, 7) is 5.45. The van der Waals surface area contributed by atoms with Crippen molar-refractivity contribution in [3.8, 4) is 11.5 Å². The Labute approximate surface area is 128 Å². The number of carbonyl (C=O) groups excluding carboxylic acids is 1. The van der Waals surface area contributed by atoms with E-state index in [0.29, 0.717) is 23.7 Å². The largest absolute Gasteiger partial charge is 0.444 e. The number of likely N-dealkylation sites (N-methyl/N-ethyl adjacent to an activating group) is 1. The second-order valence-electron chi connectivity index (χ2n) is 5.09. The molecule has 2 aromatic rings. The molecule has 0 aliphatic carbocycles. The Morgan fingerprint density at radius 1 is 1.36 bits per heavy atom. The molecule has 0 spiro atoms. The highest BCUT2D eigenvalue weighted by atomic mass is 19.1. The molecule has 1 atom stereocenters. The summed E-state index contributed by atoms with van der Waals surface area (Å²) in [5.74, 6) is -0.0442. The lowest BCUT2D eigenvalue weighted by molar-refractivity contribution is -0.120. The number of amides is 1. The first-order chi connectivity index (χ1) is 10.6. The van der Waals surface area contributed by atoms with Crippen LogP contribution in [-0.4, -0.2) is 30.0 Å². The van der Waals surface area contributed by atoms with Crippen LogP contribution in [-0.2, 0) is 11.2 Å². The zero-order chi connectivity index (χ0) is 15.9. The lowest BCUT2D eigenvalue weighted by Crippen LogP contribution is -2.39. The molecule has 0 aliphatic heterocycles. The molecule has 1 heterocycles. The van der Waals surface area contributed by atoms with Gasteiger partial charge in [-0.15, -0.1) is 0 Å². The molecule has 2 N–H and O–H groups in total. The van der Waals surface area contributed by atoms with Crippen molar-refractivity contribution >= 4 is 5.91 Å². The van der Waals surface area contributed by atoms with Crippen molar-refractivity contribution < 1.29 is 13.6 Å². The summed E-state index contributed by atoms with van der Waals surface area (Å²) in [5.41, 5.74) is 1.22. The van der Waals surface area contributed by atoms with E-state index >= 15 is 0 Å². The van der Waals surface area contributed by atoms with Crippen LogP contribution in [0.25, 0.3) is 11.5 Å². The molecule has 0 saturated heterocycles. The van der Waals surface area contributed by atoms with Crippen molar-refractivity contribution in [2.75, 3.05) is 13.1 Å². The predicted molar refractivity (Wildman–Crippen MR) is 81.7 cm³/mol. The van der Waals surface area contributed by atoms with E-state index in [2.05, 4.69) is 15.6 Å². The third-order valence-electron chi connectivity index (χ3n) is 3.14. The summed E-state index contributed by atoms with van der Waals surface area (Å²) in [6, 6.07) is 6.08. The van der Waals surface area contributed by atoms with Gasteiger partial charge in [-0.3, -0.25) is 4.79 Å². The van der Waals surface area contributed by atoms with Gasteiger partial charge in [-0.25, -0.2) is 9.37 Å². The molecular weight excluding hydrogens is 285 g/mol. The Kier molecular flexibility index (Phi) is 5.66. The van der Waals surface area contributed by atoms with Gasteiger partial charge in [-0.2, -0.15) is 0 Å². The summed E-state index contributed by atoms with van der Waals surface area (Å²) in [5, 5.41) is 6.05. The van der Waals surface area contributed by atoms with E-state index in [-0.39, 0.29) is 24.2 Å². The Hall–Kier alpha value is -2.21. The van der Waals surface area contributed by atoms with Crippen LogP contribution in [0.1, 0.15) is 19.5 Å². The number of nitrogens with zero attached hydrogens (tertiary/aromatic N) is 1. The predicted octanol–water partition coefficient (Wildman–Crippen LogP) is 2.14. The van der Waals surface area contributed by atoms with Crippen LogP contribution in [0.2, 0.25) is 0 Å². The quantitative estimate of drug-likeness (QED) is 0.822. The summed E-state index contributed by atoms with van der Waals surface area (Å²) < 4.78 is 18.2. The second kappa shape index (κ2) is 7.70. The number of hydrogen-bond acceptors (Lipinski definition) is 4. The van der Waals surface area contributed by atoms with E-state index < -0.39 is 0 Å². The van der Waals surface area contributed by atoms with Crippen LogP contribution < -0.4 is 10.6 Å². The molecule has 118 valence electrons. The van der Waals surface area contributed by atoms with E-state index in [1.165, 1.54) is 18.4 Å². The van der Waals surface area contributed by atoms with Crippen LogP contribution >= 0.6 is 0 Å². The van der Waals surface area contributed by atoms with Crippen LogP contribution in [0.15, 0.2) is 34.9 Å². The number of halogens is 1. The van der Waals surface area contributed by atoms with Crippen LogP contribution in [0, 0.1) is 5.82 Å². The fourth-order valence-electron chi connectivity index (χ4n) is 2.03. The smallest absolute Gasteiger partial charge is 0.226 e. The van der Waals surface area contributed by atoms with Gasteiger partial charge in [0, 0.05) is 18.2 Å². The third-order valence-corrected chi connectivity index (χ3v) is 3.14. The normalized spacial score (nSPS) is 12.1. The zero-order valence-electron chi connectivity index (χ0n) is 12.7. The van der Waals surface area contributed by atoms with Crippen LogP contribution in [0.5, 0.6) is 0 Å². The maximum atomic E-state index is 12.9. The van der Waals surface area contributed by atoms with Crippen molar-refractivity contribution in [2.24, 2.45) is 0 Å². The van der Waals surface area contributed by atoms with Crippen molar-refractivity contribution in [3.05, 3.63) is 42.0 Å². The lowest BCUT2D eigenvalue weighted by Gasteiger charge is -2.12. The molecule has 0 unspecified atom stereocenters. The van der Waals surface area contributed by atoms with E-state index in [0.717, 1.165) is 6.54 Å². The number of benzene rings is 1. The summed E-state index contributed by atoms with van der Waals surface area (Å²) in [7, 11) is 0. The minimum Gasteiger partial charge on any atom is -0.444 e. The van der Waals surface area contributed by atoms with Crippen molar-refractivity contribution in [1.82, 2.24) is 15.6 Å². The van der Waals surface area contributed by atoms with E-state index in [9.17, 15) is 9.18 Å². The molecule has 2 rings (SSSR count). The third kappa shape index (κ3) is 4.66. The van der Waals surface area contributed by atoms with Gasteiger partial charge in [0.05, 0.1) is 12.1 Å². The minimum absolute atomic E-state index is 0.108. The van der Waals surface area contributed by atoms with Gasteiger partial charge in [-0.1, -0.05) is 6.92 Å². The standard InChI is InChI=1S/C16H20FN3O2/c1-3-18-11(2)9-19-15(21)8-14-10-22-16(20-14)12-4-6-13(17)7-5-12/h4-7,10-11,18H,3,8-9H2,1-2H3,(H,19,21)/t11-/m1/s1. The molecule has 1 amide bonds. The molecule has 0 aliphatic rings. The topological polar surface area (TPSA) is 67.2 Å². The summed E-state index contributed by atoms with van der Waals surface area (Å²) in [4.78, 5) is 16.1. The zero-order valence-corrected chi connectivity index (χ0v) is 12.7. The second-order valence-corrected chi connectivity index (χ2v) is 5.09. The first-order valence-corrected chi connectivity index (χ1v) is 7.29. The maximum Gasteiger partial charge on any atom is 0.226 e. The lowest BCUT2D eigenvalue weighted by atomic mass is 10.2. The van der Waals surface area contributed by atoms with Gasteiger partial charge in [-0.05, 0) is 37.7 Å². The number of carbonyl (C=O) groups is 1. The van der Waals surface area contributed by atoms with Crippen LogP contribution in [0.3, 0.4) is 0 Å². The highest BCUT2D eigenvalue weighted by molar-refractivity contribution is 5.78. The number of oxazole rings is 1. The Morgan fingerprint density at radius 2 is 2.09 bits per heavy atom. The fourth-order valence-corrected chi connectivity index (χ4v) is 2.03. The SMILES string of the molecule is CCN[C@H](C)CNC(=O)Cc1coc(-c2ccc(F)cc2)n1. The Bertz CT molecular complexity index is 610. The van der Waals surface area contributed by atoms with Gasteiger partial charge in [0.2, 0.25) is 11.8 Å². The first kappa shape index (κ1) is 16.2. The Morgan fingerprint density at radius 3 is 2.77 bits per heavy atom. The number of rotatable bonds is 7. The number of hydrogen-bond donors (Lipinski definition) is 2. The summed E-state index contributed by atoms with van der Waals surface area (Å²) in [6.07, 6.45) is 1.61. The fraction of sp³-hybridized carbons (Fsp3) is 0.375. The van der Waals surface area contributed by atoms with Gasteiger partial charge in [0.15, 0.2) is 0 Å². The molecule has 5 nitrogen and oxygen atoms in total. The molecule has 0 bridgehead atoms. The monoisotopic (exact) mass is 305 g/mol. The van der Waals surface area contributed by atoms with E-state index in [4.69, 9.17) is 4.42 Å². The molecule has 6 heteroatoms. The van der Waals surface area contributed by atoms with Gasteiger partial charge in [0.1, 0.15) is 12.1 Å². The van der Waals surface area contributed by atoms with Gasteiger partial charge < -0.3 is 15.1 Å². The van der Waals surface area contributed by atoms with Crippen molar-refractivity contribution in [3.63, 3.8) is 0 Å². The average molecular weight is 305 g/mol. The first-order valence-electron chi connectivity index (χ1n) is 7.29.